The Hall–Kier alpha value is -2.76. The van der Waals surface area contributed by atoms with Gasteiger partial charge in [-0.05, 0) is 47.0 Å². The predicted molar refractivity (Wildman–Crippen MR) is 117 cm³/mol. The summed E-state index contributed by atoms with van der Waals surface area (Å²) in [7, 11) is 0. The van der Waals surface area contributed by atoms with Gasteiger partial charge in [-0.2, -0.15) is 0 Å². The fraction of sp³-hybridized carbons (Fsp3) is 0.320. The highest BCUT2D eigenvalue weighted by atomic mass is 19.1. The van der Waals surface area contributed by atoms with Crippen LogP contribution in [0.5, 0.6) is 0 Å². The van der Waals surface area contributed by atoms with Gasteiger partial charge in [0.1, 0.15) is 5.82 Å². The van der Waals surface area contributed by atoms with Gasteiger partial charge < -0.3 is 9.64 Å². The molecule has 0 radical (unpaired) electrons. The van der Waals surface area contributed by atoms with E-state index >= 15 is 0 Å². The van der Waals surface area contributed by atoms with Crippen LogP contribution in [0.3, 0.4) is 0 Å². The molecule has 0 unspecified atom stereocenters. The second-order valence-corrected chi connectivity index (χ2v) is 7.72. The second-order valence-electron chi connectivity index (χ2n) is 7.72. The van der Waals surface area contributed by atoms with Crippen molar-refractivity contribution in [3.05, 3.63) is 83.7 Å². The normalized spacial score (nSPS) is 14.7. The smallest absolute Gasteiger partial charge is 0.254 e. The number of carbonyl (C=O) groups is 1. The third-order valence-corrected chi connectivity index (χ3v) is 5.58. The fourth-order valence-electron chi connectivity index (χ4n) is 3.88. The Labute approximate surface area is 176 Å². The van der Waals surface area contributed by atoms with Crippen LogP contribution in [0.25, 0.3) is 10.8 Å². The summed E-state index contributed by atoms with van der Waals surface area (Å²) in [5.41, 5.74) is 1.61. The number of fused-ring (bicyclic) bond motifs is 1. The predicted octanol–water partition coefficient (Wildman–Crippen LogP) is 4.34. The summed E-state index contributed by atoms with van der Waals surface area (Å²) in [4.78, 5) is 17.6. The lowest BCUT2D eigenvalue weighted by Crippen LogP contribution is -2.39. The van der Waals surface area contributed by atoms with Crippen molar-refractivity contribution in [3.63, 3.8) is 0 Å². The van der Waals surface area contributed by atoms with Crippen molar-refractivity contribution < 1.29 is 13.9 Å². The Morgan fingerprint density at radius 3 is 2.47 bits per heavy atom. The van der Waals surface area contributed by atoms with Crippen molar-refractivity contribution in [2.45, 2.75) is 13.0 Å². The zero-order valence-electron chi connectivity index (χ0n) is 17.1. The van der Waals surface area contributed by atoms with Crippen molar-refractivity contribution in [3.8, 4) is 0 Å². The molecule has 0 spiro atoms. The van der Waals surface area contributed by atoms with Gasteiger partial charge >= 0.3 is 0 Å². The summed E-state index contributed by atoms with van der Waals surface area (Å²) in [6.45, 7) is 5.49. The van der Waals surface area contributed by atoms with E-state index in [4.69, 9.17) is 4.74 Å². The van der Waals surface area contributed by atoms with Crippen LogP contribution in [0.4, 0.5) is 4.39 Å². The van der Waals surface area contributed by atoms with E-state index in [2.05, 4.69) is 4.90 Å². The zero-order valence-corrected chi connectivity index (χ0v) is 17.1. The highest BCUT2D eigenvalue weighted by molar-refractivity contribution is 5.98. The molecule has 0 bridgehead atoms. The third kappa shape index (κ3) is 5.23. The van der Waals surface area contributed by atoms with Gasteiger partial charge in [0, 0.05) is 38.3 Å². The average molecular weight is 407 g/mol. The van der Waals surface area contributed by atoms with E-state index in [0.717, 1.165) is 55.6 Å². The minimum atomic E-state index is -0.265. The maximum Gasteiger partial charge on any atom is 0.254 e. The van der Waals surface area contributed by atoms with Crippen LogP contribution in [0.2, 0.25) is 0 Å². The molecule has 1 saturated heterocycles. The van der Waals surface area contributed by atoms with E-state index in [-0.39, 0.29) is 11.7 Å². The molecule has 1 amide bonds. The summed E-state index contributed by atoms with van der Waals surface area (Å²) < 4.78 is 18.7. The first-order valence-corrected chi connectivity index (χ1v) is 10.5. The van der Waals surface area contributed by atoms with E-state index in [9.17, 15) is 9.18 Å². The molecule has 0 atom stereocenters. The molecule has 0 N–H and O–H groups in total. The first-order chi connectivity index (χ1) is 14.7. The lowest BCUT2D eigenvalue weighted by atomic mass is 10.1. The molecule has 1 aliphatic heterocycles. The molecule has 4 nitrogen and oxygen atoms in total. The van der Waals surface area contributed by atoms with Gasteiger partial charge in [0.05, 0.1) is 13.2 Å². The molecule has 4 rings (SSSR count). The van der Waals surface area contributed by atoms with E-state index in [0.29, 0.717) is 18.7 Å². The molecule has 1 fully saturated rings. The van der Waals surface area contributed by atoms with Crippen molar-refractivity contribution in [2.75, 3.05) is 39.4 Å². The van der Waals surface area contributed by atoms with Crippen LogP contribution >= 0.6 is 0 Å². The molecule has 1 aliphatic rings. The second kappa shape index (κ2) is 9.83. The molecule has 0 saturated carbocycles. The molecule has 30 heavy (non-hydrogen) atoms. The quantitative estimate of drug-likeness (QED) is 0.585. The van der Waals surface area contributed by atoms with Crippen LogP contribution < -0.4 is 0 Å². The molecule has 156 valence electrons. The molecule has 1 heterocycles. The third-order valence-electron chi connectivity index (χ3n) is 5.58. The Balaban J connectivity index is 1.49. The summed E-state index contributed by atoms with van der Waals surface area (Å²) in [5.74, 6) is -0.259. The van der Waals surface area contributed by atoms with Crippen LogP contribution in [0.1, 0.15) is 22.3 Å². The Morgan fingerprint density at radius 1 is 0.967 bits per heavy atom. The van der Waals surface area contributed by atoms with Crippen molar-refractivity contribution in [1.29, 1.82) is 0 Å². The lowest BCUT2D eigenvalue weighted by molar-refractivity contribution is 0.0355. The lowest BCUT2D eigenvalue weighted by Gasteiger charge is -2.28. The highest BCUT2D eigenvalue weighted by Crippen LogP contribution is 2.18. The van der Waals surface area contributed by atoms with Gasteiger partial charge in [-0.1, -0.05) is 42.5 Å². The molecular formula is C25H27FN2O2. The number of ether oxygens (including phenoxy) is 1. The minimum Gasteiger partial charge on any atom is -0.379 e. The molecule has 0 aromatic heterocycles. The number of carbonyl (C=O) groups excluding carboxylic acids is 1. The maximum atomic E-state index is 13.4. The van der Waals surface area contributed by atoms with Crippen LogP contribution in [-0.2, 0) is 11.3 Å². The summed E-state index contributed by atoms with van der Waals surface area (Å²) in [6, 6.07) is 20.3. The Morgan fingerprint density at radius 2 is 1.70 bits per heavy atom. The van der Waals surface area contributed by atoms with Crippen LogP contribution in [-0.4, -0.2) is 55.1 Å². The molecular weight excluding hydrogens is 379 g/mol. The van der Waals surface area contributed by atoms with Gasteiger partial charge in [0.25, 0.3) is 5.91 Å². The zero-order chi connectivity index (χ0) is 20.8. The largest absolute Gasteiger partial charge is 0.379 e. The van der Waals surface area contributed by atoms with Gasteiger partial charge in [0.2, 0.25) is 0 Å². The molecule has 3 aromatic rings. The average Bonchev–Trinajstić information content (AvgIpc) is 2.79. The Kier molecular flexibility index (Phi) is 6.72. The first-order valence-electron chi connectivity index (χ1n) is 10.5. The number of benzene rings is 3. The van der Waals surface area contributed by atoms with E-state index < -0.39 is 0 Å². The number of hydrogen-bond acceptors (Lipinski definition) is 3. The number of hydrogen-bond donors (Lipinski definition) is 0. The standard InChI is InChI=1S/C25H27FN2O2/c26-24-10-6-20(7-11-24)19-28(13-3-12-27-14-16-30-17-15-27)25(29)23-9-8-21-4-1-2-5-22(21)18-23/h1-2,4-11,18H,3,12-17,19H2. The number of halogens is 1. The van der Waals surface area contributed by atoms with Crippen LogP contribution in [0, 0.1) is 5.82 Å². The fourth-order valence-corrected chi connectivity index (χ4v) is 3.88. The number of rotatable bonds is 7. The summed E-state index contributed by atoms with van der Waals surface area (Å²) in [6.07, 6.45) is 0.889. The minimum absolute atomic E-state index is 0.00653. The summed E-state index contributed by atoms with van der Waals surface area (Å²) >= 11 is 0. The van der Waals surface area contributed by atoms with E-state index in [1.807, 2.05) is 47.4 Å². The van der Waals surface area contributed by atoms with Gasteiger partial charge in [-0.15, -0.1) is 0 Å². The molecule has 5 heteroatoms. The van der Waals surface area contributed by atoms with Gasteiger partial charge in [-0.25, -0.2) is 4.39 Å². The first kappa shape index (κ1) is 20.5. The molecule has 0 aliphatic carbocycles. The highest BCUT2D eigenvalue weighted by Gasteiger charge is 2.18. The van der Waals surface area contributed by atoms with Crippen molar-refractivity contribution in [2.24, 2.45) is 0 Å². The van der Waals surface area contributed by atoms with Gasteiger partial charge in [-0.3, -0.25) is 9.69 Å². The SMILES string of the molecule is O=C(c1ccc2ccccc2c1)N(CCCN1CCOCC1)Cc1ccc(F)cc1. The number of amides is 1. The van der Waals surface area contributed by atoms with E-state index in [1.165, 1.54) is 12.1 Å². The van der Waals surface area contributed by atoms with Crippen LogP contribution in [0.15, 0.2) is 66.7 Å². The number of nitrogens with zero attached hydrogens (tertiary/aromatic N) is 2. The monoisotopic (exact) mass is 406 g/mol. The summed E-state index contributed by atoms with van der Waals surface area (Å²) in [5, 5.41) is 2.17. The number of morpholine rings is 1. The molecule has 3 aromatic carbocycles. The topological polar surface area (TPSA) is 32.8 Å². The Bertz CT molecular complexity index is 984. The van der Waals surface area contributed by atoms with E-state index in [1.54, 1.807) is 12.1 Å². The maximum absolute atomic E-state index is 13.4. The van der Waals surface area contributed by atoms with Crippen molar-refractivity contribution in [1.82, 2.24) is 9.80 Å². The van der Waals surface area contributed by atoms with Gasteiger partial charge in [0.15, 0.2) is 0 Å². The van der Waals surface area contributed by atoms with Crippen molar-refractivity contribution >= 4 is 16.7 Å².